The Bertz CT molecular complexity index is 1240. The minimum Gasteiger partial charge on any atom is -0.368 e. The maximum atomic E-state index is 13.0. The Hall–Kier alpha value is -3.85. The van der Waals surface area contributed by atoms with Crippen molar-refractivity contribution in [2.45, 2.75) is 18.9 Å². The van der Waals surface area contributed by atoms with Crippen LogP contribution in [0.2, 0.25) is 0 Å². The van der Waals surface area contributed by atoms with Crippen LogP contribution in [0.1, 0.15) is 23.3 Å². The van der Waals surface area contributed by atoms with Crippen LogP contribution in [0.4, 0.5) is 11.4 Å². The minimum atomic E-state index is -0.337. The smallest absolute Gasteiger partial charge is 0.274 e. The van der Waals surface area contributed by atoms with Crippen molar-refractivity contribution in [2.75, 3.05) is 23.3 Å². The number of benzene rings is 1. The molecule has 0 radical (unpaired) electrons. The average Bonchev–Trinajstić information content (AvgIpc) is 3.24. The molecule has 3 N–H and O–H groups in total. The molecule has 4 aromatic rings. The summed E-state index contributed by atoms with van der Waals surface area (Å²) in [6.07, 6.45) is 8.70. The van der Waals surface area contributed by atoms with Crippen LogP contribution < -0.4 is 16.0 Å². The summed E-state index contributed by atoms with van der Waals surface area (Å²) in [5, 5.41) is 8.28. The fourth-order valence-electron chi connectivity index (χ4n) is 3.88. The van der Waals surface area contributed by atoms with E-state index in [1.165, 1.54) is 0 Å². The van der Waals surface area contributed by atoms with Crippen LogP contribution in [-0.4, -0.2) is 49.8 Å². The second-order valence-electron chi connectivity index (χ2n) is 7.55. The zero-order valence-electron chi connectivity index (χ0n) is 16.8. The van der Waals surface area contributed by atoms with Gasteiger partial charge >= 0.3 is 0 Å². The van der Waals surface area contributed by atoms with Crippen LogP contribution in [0.15, 0.2) is 61.2 Å². The second-order valence-corrected chi connectivity index (χ2v) is 7.55. The maximum Gasteiger partial charge on any atom is 0.274 e. The fourth-order valence-corrected chi connectivity index (χ4v) is 3.88. The van der Waals surface area contributed by atoms with Gasteiger partial charge in [0.2, 0.25) is 0 Å². The lowest BCUT2D eigenvalue weighted by atomic mass is 10.1. The van der Waals surface area contributed by atoms with Crippen LogP contribution in [0.25, 0.3) is 16.9 Å². The summed E-state index contributed by atoms with van der Waals surface area (Å²) in [4.78, 5) is 28.1. The van der Waals surface area contributed by atoms with Crippen LogP contribution in [0.5, 0.6) is 0 Å². The van der Waals surface area contributed by atoms with E-state index >= 15 is 0 Å². The zero-order chi connectivity index (χ0) is 21.2. The third kappa shape index (κ3) is 3.82. The standard InChI is InChI=1S/C22H22N8O/c23-16-5-3-11-29(14-16)20-8-9-24-13-18(20)27-21(31)17-7-10-25-22(28-17)30-19-6-2-1-4-15(19)12-26-30/h1-2,4,6-10,12-13,16H,3,5,11,14,23H2,(H,27,31)/t16-/m1/s1. The maximum absolute atomic E-state index is 13.0. The molecule has 3 aromatic heterocycles. The van der Waals surface area contributed by atoms with Crippen LogP contribution >= 0.6 is 0 Å². The summed E-state index contributed by atoms with van der Waals surface area (Å²) in [7, 11) is 0. The van der Waals surface area contributed by atoms with E-state index in [9.17, 15) is 4.79 Å². The van der Waals surface area contributed by atoms with Crippen molar-refractivity contribution in [3.8, 4) is 5.95 Å². The first-order valence-electron chi connectivity index (χ1n) is 10.2. The van der Waals surface area contributed by atoms with Gasteiger partial charge in [-0.15, -0.1) is 0 Å². The number of anilines is 2. The molecule has 0 spiro atoms. The number of piperidine rings is 1. The van der Waals surface area contributed by atoms with Gasteiger partial charge in [0.05, 0.1) is 29.3 Å². The molecule has 0 saturated carbocycles. The van der Waals surface area contributed by atoms with E-state index in [2.05, 4.69) is 30.3 Å². The number of fused-ring (bicyclic) bond motifs is 1. The van der Waals surface area contributed by atoms with Crippen LogP contribution in [-0.2, 0) is 0 Å². The fraction of sp³-hybridized carbons (Fsp3) is 0.227. The number of para-hydroxylation sites is 1. The Morgan fingerprint density at radius 2 is 2.03 bits per heavy atom. The van der Waals surface area contributed by atoms with Gasteiger partial charge in [-0.3, -0.25) is 9.78 Å². The molecule has 1 fully saturated rings. The third-order valence-electron chi connectivity index (χ3n) is 5.39. The van der Waals surface area contributed by atoms with Crippen molar-refractivity contribution in [1.82, 2.24) is 24.7 Å². The summed E-state index contributed by atoms with van der Waals surface area (Å²) in [5.41, 5.74) is 8.79. The van der Waals surface area contributed by atoms with Crippen molar-refractivity contribution in [3.63, 3.8) is 0 Å². The summed E-state index contributed by atoms with van der Waals surface area (Å²) in [6, 6.07) is 11.4. The van der Waals surface area contributed by atoms with E-state index in [0.29, 0.717) is 11.6 Å². The number of nitrogens with two attached hydrogens (primary N) is 1. The van der Waals surface area contributed by atoms with Crippen LogP contribution in [0.3, 0.4) is 0 Å². The highest BCUT2D eigenvalue weighted by Crippen LogP contribution is 2.27. The predicted molar refractivity (Wildman–Crippen MR) is 118 cm³/mol. The molecule has 0 bridgehead atoms. The number of carbonyl (C=O) groups is 1. The van der Waals surface area contributed by atoms with Crippen LogP contribution in [0, 0.1) is 0 Å². The van der Waals surface area contributed by atoms with E-state index in [1.54, 1.807) is 35.5 Å². The molecule has 156 valence electrons. The van der Waals surface area contributed by atoms with Gasteiger partial charge in [0, 0.05) is 36.9 Å². The Morgan fingerprint density at radius 1 is 1.13 bits per heavy atom. The Kier molecular flexibility index (Phi) is 5.01. The van der Waals surface area contributed by atoms with E-state index in [4.69, 9.17) is 5.73 Å². The summed E-state index contributed by atoms with van der Waals surface area (Å²) >= 11 is 0. The number of nitrogens with one attached hydrogen (secondary N) is 1. The lowest BCUT2D eigenvalue weighted by molar-refractivity contribution is 0.102. The highest BCUT2D eigenvalue weighted by molar-refractivity contribution is 6.04. The SMILES string of the molecule is N[C@@H]1CCCN(c2ccncc2NC(=O)c2ccnc(-n3ncc4ccccc43)n2)C1. The van der Waals surface area contributed by atoms with Gasteiger partial charge in [0.1, 0.15) is 5.69 Å². The molecule has 1 aromatic carbocycles. The largest absolute Gasteiger partial charge is 0.368 e. The number of amides is 1. The molecule has 1 amide bonds. The molecule has 9 nitrogen and oxygen atoms in total. The number of aromatic nitrogens is 5. The molecule has 1 aliphatic rings. The van der Waals surface area contributed by atoms with Crippen molar-refractivity contribution in [3.05, 3.63) is 66.9 Å². The molecule has 5 rings (SSSR count). The highest BCUT2D eigenvalue weighted by atomic mass is 16.1. The van der Waals surface area contributed by atoms with E-state index in [0.717, 1.165) is 42.5 Å². The molecule has 1 saturated heterocycles. The topological polar surface area (TPSA) is 115 Å². The van der Waals surface area contributed by atoms with Crippen molar-refractivity contribution < 1.29 is 4.79 Å². The first-order valence-corrected chi connectivity index (χ1v) is 10.2. The van der Waals surface area contributed by atoms with Crippen molar-refractivity contribution >= 4 is 28.2 Å². The number of carbonyl (C=O) groups excluding carboxylic acids is 1. The minimum absolute atomic E-state index is 0.124. The number of hydrogen-bond donors (Lipinski definition) is 2. The first kappa shape index (κ1) is 19.1. The third-order valence-corrected chi connectivity index (χ3v) is 5.39. The van der Waals surface area contributed by atoms with Crippen molar-refractivity contribution in [2.24, 2.45) is 5.73 Å². The Balaban J connectivity index is 1.42. The molecule has 1 atom stereocenters. The number of rotatable bonds is 4. The molecule has 0 unspecified atom stereocenters. The molecule has 0 aliphatic carbocycles. The van der Waals surface area contributed by atoms with Crippen molar-refractivity contribution in [1.29, 1.82) is 0 Å². The van der Waals surface area contributed by atoms with E-state index in [1.807, 2.05) is 30.3 Å². The summed E-state index contributed by atoms with van der Waals surface area (Å²) in [6.45, 7) is 1.64. The normalized spacial score (nSPS) is 16.4. The Labute approximate surface area is 178 Å². The van der Waals surface area contributed by atoms with Gasteiger partial charge in [-0.2, -0.15) is 9.78 Å². The van der Waals surface area contributed by atoms with E-state index in [-0.39, 0.29) is 17.6 Å². The molecular weight excluding hydrogens is 392 g/mol. The summed E-state index contributed by atoms with van der Waals surface area (Å²) < 4.78 is 1.62. The molecule has 9 heteroatoms. The Morgan fingerprint density at radius 3 is 2.94 bits per heavy atom. The van der Waals surface area contributed by atoms with Gasteiger partial charge in [-0.1, -0.05) is 18.2 Å². The monoisotopic (exact) mass is 414 g/mol. The molecule has 4 heterocycles. The summed E-state index contributed by atoms with van der Waals surface area (Å²) in [5.74, 6) is -0.00191. The quantitative estimate of drug-likeness (QED) is 0.527. The zero-order valence-corrected chi connectivity index (χ0v) is 16.8. The van der Waals surface area contributed by atoms with Gasteiger partial charge in [0.25, 0.3) is 11.9 Å². The molecule has 1 aliphatic heterocycles. The lowest BCUT2D eigenvalue weighted by Gasteiger charge is -2.33. The average molecular weight is 414 g/mol. The first-order chi connectivity index (χ1) is 15.2. The molecular formula is C22H22N8O. The number of hydrogen-bond acceptors (Lipinski definition) is 7. The van der Waals surface area contributed by atoms with E-state index < -0.39 is 0 Å². The lowest BCUT2D eigenvalue weighted by Crippen LogP contribution is -2.43. The van der Waals surface area contributed by atoms with Gasteiger partial charge in [-0.25, -0.2) is 9.97 Å². The highest BCUT2D eigenvalue weighted by Gasteiger charge is 2.21. The van der Waals surface area contributed by atoms with Gasteiger partial charge < -0.3 is 16.0 Å². The number of nitrogens with zero attached hydrogens (tertiary/aromatic N) is 6. The number of pyridine rings is 1. The second kappa shape index (κ2) is 8.11. The molecule has 31 heavy (non-hydrogen) atoms. The van der Waals surface area contributed by atoms with Gasteiger partial charge in [0.15, 0.2) is 0 Å². The van der Waals surface area contributed by atoms with Gasteiger partial charge in [-0.05, 0) is 31.0 Å². The predicted octanol–water partition coefficient (Wildman–Crippen LogP) is 2.39.